The number of nitrogens with one attached hydrogen (secondary N) is 1. The first-order chi connectivity index (χ1) is 5.21. The highest BCUT2D eigenvalue weighted by Gasteiger charge is 2.46. The molecule has 0 saturated heterocycles. The first kappa shape index (κ1) is 7.10. The van der Waals surface area contributed by atoms with Gasteiger partial charge in [0.15, 0.2) is 0 Å². The molecule has 2 fully saturated rings. The van der Waals surface area contributed by atoms with E-state index in [-0.39, 0.29) is 5.91 Å². The molecule has 1 amide bonds. The fraction of sp³-hybridized carbons (Fsp3) is 0.875. The molecule has 2 aliphatic rings. The molecule has 3 heteroatoms. The molecule has 3 nitrogen and oxygen atoms in total. The predicted molar refractivity (Wildman–Crippen MR) is 41.9 cm³/mol. The molecular weight excluding hydrogens is 140 g/mol. The van der Waals surface area contributed by atoms with E-state index in [4.69, 9.17) is 5.73 Å². The zero-order valence-corrected chi connectivity index (χ0v) is 6.60. The maximum absolute atomic E-state index is 11.2. The predicted octanol–water partition coefficient (Wildman–Crippen LogP) is 0.00390. The SMILES string of the molecule is NC1(C(=O)NCC2CC2)CC1. The summed E-state index contributed by atoms with van der Waals surface area (Å²) in [7, 11) is 0. The van der Waals surface area contributed by atoms with Crippen molar-refractivity contribution >= 4 is 5.91 Å². The standard InChI is InChI=1S/C8H14N2O/c9-8(3-4-8)7(11)10-5-6-1-2-6/h6H,1-5,9H2,(H,10,11). The number of hydrogen-bond donors (Lipinski definition) is 2. The van der Waals surface area contributed by atoms with E-state index < -0.39 is 5.54 Å². The van der Waals surface area contributed by atoms with Gasteiger partial charge in [-0.05, 0) is 31.6 Å². The van der Waals surface area contributed by atoms with E-state index in [1.807, 2.05) is 0 Å². The van der Waals surface area contributed by atoms with E-state index >= 15 is 0 Å². The van der Waals surface area contributed by atoms with Crippen molar-refractivity contribution < 1.29 is 4.79 Å². The first-order valence-corrected chi connectivity index (χ1v) is 4.28. The Morgan fingerprint density at radius 2 is 2.18 bits per heavy atom. The van der Waals surface area contributed by atoms with E-state index in [2.05, 4.69) is 5.32 Å². The van der Waals surface area contributed by atoms with Crippen molar-refractivity contribution in [1.29, 1.82) is 0 Å². The van der Waals surface area contributed by atoms with Crippen LogP contribution in [0.4, 0.5) is 0 Å². The molecule has 0 spiro atoms. The third-order valence-corrected chi connectivity index (χ3v) is 2.49. The molecule has 2 rings (SSSR count). The molecule has 0 atom stereocenters. The number of carbonyl (C=O) groups excluding carboxylic acids is 1. The molecule has 11 heavy (non-hydrogen) atoms. The maximum atomic E-state index is 11.2. The average molecular weight is 154 g/mol. The lowest BCUT2D eigenvalue weighted by atomic mass is 10.2. The topological polar surface area (TPSA) is 55.1 Å². The monoisotopic (exact) mass is 154 g/mol. The number of amides is 1. The van der Waals surface area contributed by atoms with E-state index in [0.717, 1.165) is 25.3 Å². The van der Waals surface area contributed by atoms with E-state index in [1.54, 1.807) is 0 Å². The van der Waals surface area contributed by atoms with Crippen molar-refractivity contribution in [3.8, 4) is 0 Å². The second-order valence-corrected chi connectivity index (χ2v) is 3.81. The summed E-state index contributed by atoms with van der Waals surface area (Å²) in [5, 5.41) is 2.88. The average Bonchev–Trinajstić information content (AvgIpc) is 2.79. The minimum absolute atomic E-state index is 0.0596. The van der Waals surface area contributed by atoms with Crippen LogP contribution in [0.25, 0.3) is 0 Å². The van der Waals surface area contributed by atoms with Gasteiger partial charge in [-0.2, -0.15) is 0 Å². The Kier molecular flexibility index (Phi) is 1.42. The van der Waals surface area contributed by atoms with Crippen LogP contribution in [0, 0.1) is 5.92 Å². The summed E-state index contributed by atoms with van der Waals surface area (Å²) in [6, 6.07) is 0. The van der Waals surface area contributed by atoms with Gasteiger partial charge in [0, 0.05) is 6.54 Å². The third-order valence-electron chi connectivity index (χ3n) is 2.49. The largest absolute Gasteiger partial charge is 0.354 e. The molecule has 0 aliphatic heterocycles. The molecular formula is C8H14N2O. The van der Waals surface area contributed by atoms with E-state index in [0.29, 0.717) is 0 Å². The zero-order valence-electron chi connectivity index (χ0n) is 6.60. The van der Waals surface area contributed by atoms with Crippen LogP contribution in [0.2, 0.25) is 0 Å². The van der Waals surface area contributed by atoms with Crippen molar-refractivity contribution in [3.05, 3.63) is 0 Å². The molecule has 3 N–H and O–H groups in total. The summed E-state index contributed by atoms with van der Waals surface area (Å²) in [5.74, 6) is 0.811. The molecule has 0 aromatic rings. The molecule has 0 aromatic heterocycles. The van der Waals surface area contributed by atoms with Gasteiger partial charge in [-0.1, -0.05) is 0 Å². The first-order valence-electron chi connectivity index (χ1n) is 4.28. The van der Waals surface area contributed by atoms with Crippen molar-refractivity contribution in [1.82, 2.24) is 5.32 Å². The number of hydrogen-bond acceptors (Lipinski definition) is 2. The second-order valence-electron chi connectivity index (χ2n) is 3.81. The molecule has 0 unspecified atom stereocenters. The number of carbonyl (C=O) groups is 1. The molecule has 2 saturated carbocycles. The summed E-state index contributed by atoms with van der Waals surface area (Å²) in [6.07, 6.45) is 4.28. The Labute approximate surface area is 66.3 Å². The maximum Gasteiger partial charge on any atom is 0.240 e. The highest BCUT2D eigenvalue weighted by molar-refractivity contribution is 5.88. The van der Waals surface area contributed by atoms with Crippen LogP contribution in [0.1, 0.15) is 25.7 Å². The van der Waals surface area contributed by atoms with Gasteiger partial charge in [-0.15, -0.1) is 0 Å². The van der Waals surface area contributed by atoms with Crippen LogP contribution in [-0.2, 0) is 4.79 Å². The van der Waals surface area contributed by atoms with Crippen LogP contribution in [-0.4, -0.2) is 18.0 Å². The quantitative estimate of drug-likeness (QED) is 0.601. The molecule has 2 aliphatic carbocycles. The zero-order chi connectivity index (χ0) is 7.90. The highest BCUT2D eigenvalue weighted by atomic mass is 16.2. The Bertz CT molecular complexity index is 183. The molecule has 0 radical (unpaired) electrons. The summed E-state index contributed by atoms with van der Waals surface area (Å²) >= 11 is 0. The number of nitrogens with two attached hydrogens (primary N) is 1. The lowest BCUT2D eigenvalue weighted by Gasteiger charge is -2.08. The summed E-state index contributed by atoms with van der Waals surface area (Å²) in [4.78, 5) is 11.2. The van der Waals surface area contributed by atoms with Crippen LogP contribution in [0.3, 0.4) is 0 Å². The smallest absolute Gasteiger partial charge is 0.240 e. The van der Waals surface area contributed by atoms with Crippen LogP contribution in [0.5, 0.6) is 0 Å². The Balaban J connectivity index is 1.72. The van der Waals surface area contributed by atoms with E-state index in [1.165, 1.54) is 12.8 Å². The van der Waals surface area contributed by atoms with Crippen molar-refractivity contribution in [2.75, 3.05) is 6.54 Å². The van der Waals surface area contributed by atoms with Crippen LogP contribution in [0.15, 0.2) is 0 Å². The normalized spacial score (nSPS) is 26.3. The second kappa shape index (κ2) is 2.21. The van der Waals surface area contributed by atoms with Gasteiger partial charge in [0.2, 0.25) is 5.91 Å². The fourth-order valence-electron chi connectivity index (χ4n) is 1.10. The van der Waals surface area contributed by atoms with Crippen molar-refractivity contribution in [2.24, 2.45) is 11.7 Å². The number of rotatable bonds is 3. The lowest BCUT2D eigenvalue weighted by molar-refractivity contribution is -0.123. The third kappa shape index (κ3) is 1.53. The lowest BCUT2D eigenvalue weighted by Crippen LogP contribution is -2.43. The Morgan fingerprint density at radius 1 is 1.55 bits per heavy atom. The van der Waals surface area contributed by atoms with Gasteiger partial charge >= 0.3 is 0 Å². The highest BCUT2D eigenvalue weighted by Crippen LogP contribution is 2.33. The van der Waals surface area contributed by atoms with E-state index in [9.17, 15) is 4.79 Å². The van der Waals surface area contributed by atoms with Crippen molar-refractivity contribution in [3.63, 3.8) is 0 Å². The summed E-state index contributed by atoms with van der Waals surface area (Å²) in [5.41, 5.74) is 5.21. The summed E-state index contributed by atoms with van der Waals surface area (Å²) < 4.78 is 0. The van der Waals surface area contributed by atoms with Crippen molar-refractivity contribution in [2.45, 2.75) is 31.2 Å². The van der Waals surface area contributed by atoms with Gasteiger partial charge in [0.05, 0.1) is 5.54 Å². The Hall–Kier alpha value is -0.570. The van der Waals surface area contributed by atoms with Crippen LogP contribution < -0.4 is 11.1 Å². The van der Waals surface area contributed by atoms with Gasteiger partial charge in [-0.3, -0.25) is 4.79 Å². The minimum atomic E-state index is -0.477. The van der Waals surface area contributed by atoms with Gasteiger partial charge in [0.25, 0.3) is 0 Å². The Morgan fingerprint density at radius 3 is 2.64 bits per heavy atom. The van der Waals surface area contributed by atoms with Gasteiger partial charge in [-0.25, -0.2) is 0 Å². The van der Waals surface area contributed by atoms with Gasteiger partial charge < -0.3 is 11.1 Å². The minimum Gasteiger partial charge on any atom is -0.354 e. The van der Waals surface area contributed by atoms with Gasteiger partial charge in [0.1, 0.15) is 0 Å². The molecule has 0 bridgehead atoms. The fourth-order valence-corrected chi connectivity index (χ4v) is 1.10. The molecule has 0 heterocycles. The van der Waals surface area contributed by atoms with Crippen LogP contribution >= 0.6 is 0 Å². The molecule has 0 aromatic carbocycles. The molecule has 62 valence electrons. The summed E-state index contributed by atoms with van der Waals surface area (Å²) in [6.45, 7) is 0.845.